The lowest BCUT2D eigenvalue weighted by atomic mass is 10.1. The van der Waals surface area contributed by atoms with E-state index in [1.165, 1.54) is 0 Å². The summed E-state index contributed by atoms with van der Waals surface area (Å²) >= 11 is 0. The number of imide groups is 1. The minimum absolute atomic E-state index is 0.00229. The van der Waals surface area contributed by atoms with Gasteiger partial charge < -0.3 is 15.7 Å². The zero-order valence-electron chi connectivity index (χ0n) is 11.6. The number of urea groups is 1. The van der Waals surface area contributed by atoms with Crippen molar-refractivity contribution in [2.75, 3.05) is 13.1 Å². The van der Waals surface area contributed by atoms with Gasteiger partial charge in [-0.2, -0.15) is 0 Å². The standard InChI is InChI=1S/C12H19N3O5/c1-12(2)10(19)15(11(20)14-12)7-5-8(16)13-6-3-4-9(17)18/h3-7H2,1-2H3,(H,13,16)(H,14,20)(H,17,18). The Hall–Kier alpha value is -2.12. The van der Waals surface area contributed by atoms with Gasteiger partial charge in [0.1, 0.15) is 5.54 Å². The van der Waals surface area contributed by atoms with Crippen LogP contribution in [0.5, 0.6) is 0 Å². The Morgan fingerprint density at radius 1 is 1.30 bits per heavy atom. The number of nitrogens with zero attached hydrogens (tertiary/aromatic N) is 1. The third-order valence-electron chi connectivity index (χ3n) is 2.90. The molecule has 20 heavy (non-hydrogen) atoms. The summed E-state index contributed by atoms with van der Waals surface area (Å²) < 4.78 is 0. The van der Waals surface area contributed by atoms with Gasteiger partial charge in [0, 0.05) is 25.9 Å². The summed E-state index contributed by atoms with van der Waals surface area (Å²) in [6.45, 7) is 3.47. The van der Waals surface area contributed by atoms with Crippen LogP contribution < -0.4 is 10.6 Å². The van der Waals surface area contributed by atoms with Crippen molar-refractivity contribution in [3.05, 3.63) is 0 Å². The Morgan fingerprint density at radius 2 is 1.95 bits per heavy atom. The molecule has 0 saturated carbocycles. The van der Waals surface area contributed by atoms with Crippen molar-refractivity contribution in [3.8, 4) is 0 Å². The Morgan fingerprint density at radius 3 is 2.45 bits per heavy atom. The van der Waals surface area contributed by atoms with Crippen molar-refractivity contribution >= 4 is 23.8 Å². The number of carbonyl (C=O) groups excluding carboxylic acids is 3. The van der Waals surface area contributed by atoms with E-state index in [1.54, 1.807) is 13.8 Å². The lowest BCUT2D eigenvalue weighted by Crippen LogP contribution is -2.40. The van der Waals surface area contributed by atoms with Crippen molar-refractivity contribution in [2.45, 2.75) is 38.6 Å². The Kier molecular flexibility index (Phi) is 5.06. The molecule has 0 radical (unpaired) electrons. The molecule has 1 rings (SSSR count). The molecule has 1 aliphatic rings. The molecule has 0 aliphatic carbocycles. The second-order valence-corrected chi connectivity index (χ2v) is 5.11. The molecule has 1 fully saturated rings. The highest BCUT2D eigenvalue weighted by molar-refractivity contribution is 6.06. The molecule has 1 heterocycles. The highest BCUT2D eigenvalue weighted by Crippen LogP contribution is 2.16. The number of amides is 4. The van der Waals surface area contributed by atoms with Crippen LogP contribution >= 0.6 is 0 Å². The van der Waals surface area contributed by atoms with Gasteiger partial charge in [0.05, 0.1) is 0 Å². The highest BCUT2D eigenvalue weighted by atomic mass is 16.4. The summed E-state index contributed by atoms with van der Waals surface area (Å²) in [4.78, 5) is 46.2. The number of rotatable bonds is 7. The lowest BCUT2D eigenvalue weighted by molar-refractivity contribution is -0.137. The number of carboxylic acids is 1. The molecule has 1 saturated heterocycles. The fourth-order valence-electron chi connectivity index (χ4n) is 1.79. The molecule has 0 atom stereocenters. The van der Waals surface area contributed by atoms with E-state index in [4.69, 9.17) is 5.11 Å². The summed E-state index contributed by atoms with van der Waals surface area (Å²) in [5, 5.41) is 13.5. The van der Waals surface area contributed by atoms with Crippen LogP contribution in [0, 0.1) is 0 Å². The topological polar surface area (TPSA) is 116 Å². The second kappa shape index (κ2) is 6.36. The van der Waals surface area contributed by atoms with Crippen molar-refractivity contribution in [1.82, 2.24) is 15.5 Å². The summed E-state index contributed by atoms with van der Waals surface area (Å²) in [7, 11) is 0. The normalized spacial score (nSPS) is 17.0. The van der Waals surface area contributed by atoms with Gasteiger partial charge in [-0.1, -0.05) is 0 Å². The van der Waals surface area contributed by atoms with Crippen LogP contribution in [0.15, 0.2) is 0 Å². The molecule has 1 aliphatic heterocycles. The number of aliphatic carboxylic acids is 1. The monoisotopic (exact) mass is 285 g/mol. The third kappa shape index (κ3) is 4.22. The maximum atomic E-state index is 11.8. The molecule has 112 valence electrons. The Labute approximate surface area is 116 Å². The Balaban J connectivity index is 2.29. The van der Waals surface area contributed by atoms with E-state index < -0.39 is 17.5 Å². The summed E-state index contributed by atoms with van der Waals surface area (Å²) in [5.41, 5.74) is -0.935. The first-order valence-electron chi connectivity index (χ1n) is 6.36. The SMILES string of the molecule is CC1(C)NC(=O)N(CCC(=O)NCCCC(=O)O)C1=O. The van der Waals surface area contributed by atoms with E-state index >= 15 is 0 Å². The van der Waals surface area contributed by atoms with Crippen LogP contribution in [0.3, 0.4) is 0 Å². The van der Waals surface area contributed by atoms with Gasteiger partial charge in [0.2, 0.25) is 5.91 Å². The van der Waals surface area contributed by atoms with E-state index in [1.807, 2.05) is 0 Å². The molecule has 8 heteroatoms. The van der Waals surface area contributed by atoms with Crippen LogP contribution in [0.2, 0.25) is 0 Å². The van der Waals surface area contributed by atoms with E-state index in [0.29, 0.717) is 6.42 Å². The molecule has 4 amide bonds. The molecular formula is C12H19N3O5. The van der Waals surface area contributed by atoms with Gasteiger partial charge >= 0.3 is 12.0 Å². The summed E-state index contributed by atoms with van der Waals surface area (Å²) in [6.07, 6.45) is 0.334. The predicted molar refractivity (Wildman–Crippen MR) is 68.8 cm³/mol. The van der Waals surface area contributed by atoms with Crippen molar-refractivity contribution in [2.24, 2.45) is 0 Å². The van der Waals surface area contributed by atoms with Crippen molar-refractivity contribution in [3.63, 3.8) is 0 Å². The van der Waals surface area contributed by atoms with Crippen molar-refractivity contribution in [1.29, 1.82) is 0 Å². The van der Waals surface area contributed by atoms with Gasteiger partial charge in [-0.15, -0.1) is 0 Å². The molecule has 0 aromatic rings. The average molecular weight is 285 g/mol. The average Bonchev–Trinajstić information content (AvgIpc) is 2.52. The van der Waals surface area contributed by atoms with Crippen molar-refractivity contribution < 1.29 is 24.3 Å². The Bertz CT molecular complexity index is 433. The fraction of sp³-hybridized carbons (Fsp3) is 0.667. The minimum atomic E-state index is -0.935. The van der Waals surface area contributed by atoms with Gasteiger partial charge in [0.15, 0.2) is 0 Å². The van der Waals surface area contributed by atoms with Crippen LogP contribution in [-0.2, 0) is 14.4 Å². The quantitative estimate of drug-likeness (QED) is 0.438. The predicted octanol–water partition coefficient (Wildman–Crippen LogP) is -0.312. The maximum Gasteiger partial charge on any atom is 0.325 e. The molecule has 0 aromatic heterocycles. The molecule has 0 unspecified atom stereocenters. The first-order valence-corrected chi connectivity index (χ1v) is 6.36. The highest BCUT2D eigenvalue weighted by Gasteiger charge is 2.43. The zero-order chi connectivity index (χ0) is 15.3. The van der Waals surface area contributed by atoms with Crippen LogP contribution in [0.25, 0.3) is 0 Å². The van der Waals surface area contributed by atoms with E-state index in [0.717, 1.165) is 4.90 Å². The number of nitrogens with one attached hydrogen (secondary N) is 2. The van der Waals surface area contributed by atoms with Crippen LogP contribution in [0.4, 0.5) is 4.79 Å². The maximum absolute atomic E-state index is 11.8. The molecule has 0 spiro atoms. The third-order valence-corrected chi connectivity index (χ3v) is 2.90. The molecule has 0 aromatic carbocycles. The number of hydrogen-bond donors (Lipinski definition) is 3. The first kappa shape index (κ1) is 15.9. The fourth-order valence-corrected chi connectivity index (χ4v) is 1.79. The molecule has 0 bridgehead atoms. The molecule has 3 N–H and O–H groups in total. The van der Waals surface area contributed by atoms with E-state index in [2.05, 4.69) is 10.6 Å². The lowest BCUT2D eigenvalue weighted by Gasteiger charge is -2.15. The van der Waals surface area contributed by atoms with Gasteiger partial charge in [0.25, 0.3) is 5.91 Å². The minimum Gasteiger partial charge on any atom is -0.481 e. The largest absolute Gasteiger partial charge is 0.481 e. The smallest absolute Gasteiger partial charge is 0.325 e. The van der Waals surface area contributed by atoms with Gasteiger partial charge in [-0.3, -0.25) is 19.3 Å². The number of carbonyl (C=O) groups is 4. The molecular weight excluding hydrogens is 266 g/mol. The molecule has 8 nitrogen and oxygen atoms in total. The van der Waals surface area contributed by atoms with Gasteiger partial charge in [-0.05, 0) is 20.3 Å². The summed E-state index contributed by atoms with van der Waals surface area (Å²) in [5.74, 6) is -1.59. The zero-order valence-corrected chi connectivity index (χ0v) is 11.6. The van der Waals surface area contributed by atoms with E-state index in [9.17, 15) is 19.2 Å². The second-order valence-electron chi connectivity index (χ2n) is 5.11. The van der Waals surface area contributed by atoms with Crippen LogP contribution in [0.1, 0.15) is 33.1 Å². The van der Waals surface area contributed by atoms with Crippen LogP contribution in [-0.4, -0.2) is 52.4 Å². The van der Waals surface area contributed by atoms with Gasteiger partial charge in [-0.25, -0.2) is 4.79 Å². The first-order chi connectivity index (χ1) is 9.24. The summed E-state index contributed by atoms with van der Waals surface area (Å²) in [6, 6.07) is -0.501. The number of carboxylic acid groups (broad SMARTS) is 1. The number of hydrogen-bond acceptors (Lipinski definition) is 4. The van der Waals surface area contributed by atoms with E-state index in [-0.39, 0.29) is 37.7 Å².